The molecule has 0 radical (unpaired) electrons. The van der Waals surface area contributed by atoms with E-state index >= 15 is 0 Å². The van der Waals surface area contributed by atoms with Crippen LogP contribution < -0.4 is 0 Å². The van der Waals surface area contributed by atoms with E-state index in [9.17, 15) is 10.1 Å². The molecule has 6 aromatic rings. The van der Waals surface area contributed by atoms with Gasteiger partial charge in [0, 0.05) is 22.5 Å². The fourth-order valence-corrected chi connectivity index (χ4v) is 4.71. The van der Waals surface area contributed by atoms with Gasteiger partial charge in [0.25, 0.3) is 5.69 Å². The van der Waals surface area contributed by atoms with Crippen LogP contribution in [-0.2, 0) is 0 Å². The second kappa shape index (κ2) is 7.06. The third-order valence-electron chi connectivity index (χ3n) is 6.08. The number of benzene rings is 5. The zero-order chi connectivity index (χ0) is 21.7. The van der Waals surface area contributed by atoms with Crippen molar-refractivity contribution in [1.82, 2.24) is 4.57 Å². The Labute approximate surface area is 184 Å². The Bertz CT molecular complexity index is 1640. The van der Waals surface area contributed by atoms with Crippen molar-refractivity contribution in [3.8, 4) is 16.8 Å². The highest BCUT2D eigenvalue weighted by Crippen LogP contribution is 2.38. The molecule has 0 aliphatic carbocycles. The molecular formula is C28H18N2O2. The summed E-state index contributed by atoms with van der Waals surface area (Å²) in [5, 5.41) is 15.6. The molecule has 0 saturated heterocycles. The molecule has 1 aromatic heterocycles. The van der Waals surface area contributed by atoms with E-state index in [4.69, 9.17) is 0 Å². The summed E-state index contributed by atoms with van der Waals surface area (Å²) in [6, 6.07) is 36.1. The normalized spacial score (nSPS) is 11.4. The topological polar surface area (TPSA) is 48.1 Å². The highest BCUT2D eigenvalue weighted by atomic mass is 16.6. The monoisotopic (exact) mass is 414 g/mol. The summed E-state index contributed by atoms with van der Waals surface area (Å²) in [6.45, 7) is 0. The van der Waals surface area contributed by atoms with Gasteiger partial charge in [-0.2, -0.15) is 0 Å². The SMILES string of the molecule is O=[N+]([O-])c1cccc2cccc(-c3ccc4c5ccccc5n(-c5ccccc5)c4c3)c12. The van der Waals surface area contributed by atoms with E-state index < -0.39 is 0 Å². The molecule has 32 heavy (non-hydrogen) atoms. The molecule has 0 aliphatic heterocycles. The minimum absolute atomic E-state index is 0.127. The van der Waals surface area contributed by atoms with Gasteiger partial charge in [0.2, 0.25) is 0 Å². The molecule has 0 aliphatic rings. The van der Waals surface area contributed by atoms with Crippen LogP contribution in [0.1, 0.15) is 0 Å². The Balaban J connectivity index is 1.71. The molecule has 4 nitrogen and oxygen atoms in total. The molecule has 0 unspecified atom stereocenters. The largest absolute Gasteiger partial charge is 0.309 e. The van der Waals surface area contributed by atoms with Crippen molar-refractivity contribution in [2.45, 2.75) is 0 Å². The van der Waals surface area contributed by atoms with E-state index in [1.54, 1.807) is 12.1 Å². The highest BCUT2D eigenvalue weighted by Gasteiger charge is 2.18. The van der Waals surface area contributed by atoms with E-state index in [1.807, 2.05) is 42.5 Å². The molecule has 0 N–H and O–H groups in total. The van der Waals surface area contributed by atoms with Crippen molar-refractivity contribution >= 4 is 38.3 Å². The molecular weight excluding hydrogens is 396 g/mol. The highest BCUT2D eigenvalue weighted by molar-refractivity contribution is 6.11. The number of non-ortho nitro benzene ring substituents is 1. The van der Waals surface area contributed by atoms with Gasteiger partial charge in [0.15, 0.2) is 0 Å². The lowest BCUT2D eigenvalue weighted by atomic mass is 9.96. The van der Waals surface area contributed by atoms with Crippen molar-refractivity contribution in [1.29, 1.82) is 0 Å². The summed E-state index contributed by atoms with van der Waals surface area (Å²) in [5.74, 6) is 0. The second-order valence-corrected chi connectivity index (χ2v) is 7.86. The van der Waals surface area contributed by atoms with Crippen molar-refractivity contribution in [3.63, 3.8) is 0 Å². The zero-order valence-corrected chi connectivity index (χ0v) is 17.1. The summed E-state index contributed by atoms with van der Waals surface area (Å²) in [4.78, 5) is 11.5. The van der Waals surface area contributed by atoms with Crippen LogP contribution in [0.3, 0.4) is 0 Å². The van der Waals surface area contributed by atoms with Crippen LogP contribution >= 0.6 is 0 Å². The average molecular weight is 414 g/mol. The molecule has 0 atom stereocenters. The molecule has 0 saturated carbocycles. The summed E-state index contributed by atoms with van der Waals surface area (Å²) in [5.41, 5.74) is 5.24. The first kappa shape index (κ1) is 18.3. The van der Waals surface area contributed by atoms with Gasteiger partial charge in [0.05, 0.1) is 21.3 Å². The number of nitro benzene ring substituents is 1. The lowest BCUT2D eigenvalue weighted by Crippen LogP contribution is -1.94. The number of nitro groups is 1. The third kappa shape index (κ3) is 2.70. The molecule has 6 rings (SSSR count). The van der Waals surface area contributed by atoms with Gasteiger partial charge in [-0.3, -0.25) is 10.1 Å². The van der Waals surface area contributed by atoms with Crippen LogP contribution in [0, 0.1) is 10.1 Å². The Hall–Kier alpha value is -4.44. The first-order chi connectivity index (χ1) is 15.7. The smallest absolute Gasteiger partial charge is 0.277 e. The van der Waals surface area contributed by atoms with Gasteiger partial charge in [-0.05, 0) is 40.8 Å². The van der Waals surface area contributed by atoms with Gasteiger partial charge in [0.1, 0.15) is 0 Å². The minimum atomic E-state index is -0.300. The van der Waals surface area contributed by atoms with E-state index in [0.717, 1.165) is 38.6 Å². The summed E-state index contributed by atoms with van der Waals surface area (Å²) >= 11 is 0. The number of nitrogens with zero attached hydrogens (tertiary/aromatic N) is 2. The molecule has 0 bridgehead atoms. The molecule has 0 amide bonds. The Morgan fingerprint density at radius 2 is 1.38 bits per heavy atom. The standard InChI is InChI=1S/C28H18N2O2/c31-30(32)26-15-7-9-19-8-6-13-22(28(19)26)20-16-17-24-23-12-4-5-14-25(23)29(27(24)18-20)21-10-2-1-3-11-21/h1-18H. The number of fused-ring (bicyclic) bond motifs is 4. The fraction of sp³-hybridized carbons (Fsp3) is 0. The zero-order valence-electron chi connectivity index (χ0n) is 17.1. The molecule has 0 fully saturated rings. The van der Waals surface area contributed by atoms with Crippen molar-refractivity contribution in [3.05, 3.63) is 119 Å². The maximum absolute atomic E-state index is 11.8. The first-order valence-corrected chi connectivity index (χ1v) is 10.5. The van der Waals surface area contributed by atoms with Crippen molar-refractivity contribution in [2.24, 2.45) is 0 Å². The van der Waals surface area contributed by atoms with Crippen molar-refractivity contribution < 1.29 is 4.92 Å². The van der Waals surface area contributed by atoms with Gasteiger partial charge in [-0.15, -0.1) is 0 Å². The lowest BCUT2D eigenvalue weighted by molar-refractivity contribution is -0.383. The van der Waals surface area contributed by atoms with Crippen molar-refractivity contribution in [2.75, 3.05) is 0 Å². The summed E-state index contributed by atoms with van der Waals surface area (Å²) in [7, 11) is 0. The summed E-state index contributed by atoms with van der Waals surface area (Å²) < 4.78 is 2.26. The summed E-state index contributed by atoms with van der Waals surface area (Å²) in [6.07, 6.45) is 0. The Morgan fingerprint density at radius 3 is 2.19 bits per heavy atom. The van der Waals surface area contributed by atoms with Crippen LogP contribution in [0.15, 0.2) is 109 Å². The lowest BCUT2D eigenvalue weighted by Gasteiger charge is -2.10. The minimum Gasteiger partial charge on any atom is -0.309 e. The molecule has 0 spiro atoms. The molecule has 4 heteroatoms. The molecule has 5 aromatic carbocycles. The Kier molecular flexibility index (Phi) is 4.05. The second-order valence-electron chi connectivity index (χ2n) is 7.86. The Morgan fingerprint density at radius 1 is 0.656 bits per heavy atom. The number of para-hydroxylation sites is 2. The van der Waals surface area contributed by atoms with Crippen LogP contribution in [0.4, 0.5) is 5.69 Å². The van der Waals surface area contributed by atoms with Crippen LogP contribution in [0.25, 0.3) is 49.4 Å². The van der Waals surface area contributed by atoms with Gasteiger partial charge in [-0.25, -0.2) is 0 Å². The fourth-order valence-electron chi connectivity index (χ4n) is 4.71. The molecule has 152 valence electrons. The van der Waals surface area contributed by atoms with E-state index in [0.29, 0.717) is 5.39 Å². The molecule has 1 heterocycles. The van der Waals surface area contributed by atoms with E-state index in [2.05, 4.69) is 59.2 Å². The number of hydrogen-bond donors (Lipinski definition) is 0. The maximum atomic E-state index is 11.8. The quantitative estimate of drug-likeness (QED) is 0.222. The first-order valence-electron chi connectivity index (χ1n) is 10.5. The van der Waals surface area contributed by atoms with E-state index in [1.165, 1.54) is 5.39 Å². The number of rotatable bonds is 3. The van der Waals surface area contributed by atoms with Gasteiger partial charge < -0.3 is 4.57 Å². The predicted octanol–water partition coefficient (Wildman–Crippen LogP) is 7.51. The van der Waals surface area contributed by atoms with Crippen LogP contribution in [-0.4, -0.2) is 9.49 Å². The predicted molar refractivity (Wildman–Crippen MR) is 130 cm³/mol. The number of hydrogen-bond acceptors (Lipinski definition) is 2. The van der Waals surface area contributed by atoms with Gasteiger partial charge >= 0.3 is 0 Å². The van der Waals surface area contributed by atoms with Crippen LogP contribution in [0.2, 0.25) is 0 Å². The maximum Gasteiger partial charge on any atom is 0.277 e. The van der Waals surface area contributed by atoms with Crippen LogP contribution in [0.5, 0.6) is 0 Å². The third-order valence-corrected chi connectivity index (χ3v) is 6.08. The van der Waals surface area contributed by atoms with Gasteiger partial charge in [-0.1, -0.05) is 78.9 Å². The number of aromatic nitrogens is 1. The van der Waals surface area contributed by atoms with E-state index in [-0.39, 0.29) is 10.6 Å². The average Bonchev–Trinajstić information content (AvgIpc) is 3.17.